The number of aromatic nitrogens is 2. The molecule has 0 aliphatic rings. The van der Waals surface area contributed by atoms with Crippen molar-refractivity contribution in [3.8, 4) is 5.88 Å². The molecule has 0 radical (unpaired) electrons. The number of hydrogen-bond acceptors (Lipinski definition) is 3. The summed E-state index contributed by atoms with van der Waals surface area (Å²) in [5.74, 6) is -0.225. The first kappa shape index (κ1) is 15.5. The van der Waals surface area contributed by atoms with Gasteiger partial charge in [-0.25, -0.2) is 4.79 Å². The zero-order valence-corrected chi connectivity index (χ0v) is 12.2. The van der Waals surface area contributed by atoms with Gasteiger partial charge in [-0.2, -0.15) is 0 Å². The van der Waals surface area contributed by atoms with Crippen molar-refractivity contribution < 1.29 is 5.11 Å². The van der Waals surface area contributed by atoms with Gasteiger partial charge in [-0.3, -0.25) is 14.3 Å². The molecule has 5 heteroatoms. The van der Waals surface area contributed by atoms with E-state index < -0.39 is 11.2 Å². The van der Waals surface area contributed by atoms with Gasteiger partial charge in [0.25, 0.3) is 5.56 Å². The molecule has 0 aliphatic heterocycles. The van der Waals surface area contributed by atoms with Gasteiger partial charge in [-0.05, 0) is 18.8 Å². The summed E-state index contributed by atoms with van der Waals surface area (Å²) < 4.78 is 1.25. The van der Waals surface area contributed by atoms with Gasteiger partial charge in [0.15, 0.2) is 0 Å². The quantitative estimate of drug-likeness (QED) is 0.776. The highest BCUT2D eigenvalue weighted by molar-refractivity contribution is 5.20. The molecule has 108 valence electrons. The van der Waals surface area contributed by atoms with Gasteiger partial charge in [0, 0.05) is 6.54 Å². The SMILES string of the molecule is CCCCCC(C)(C)Cn1c(O)c(C)c(=O)[nH]c1=O. The Kier molecular flexibility index (Phi) is 4.97. The molecule has 0 aromatic carbocycles. The van der Waals surface area contributed by atoms with Crippen LogP contribution in [0.2, 0.25) is 0 Å². The van der Waals surface area contributed by atoms with Crippen LogP contribution in [0, 0.1) is 12.3 Å². The molecule has 0 saturated heterocycles. The number of aromatic hydroxyl groups is 1. The minimum atomic E-state index is -0.545. The smallest absolute Gasteiger partial charge is 0.331 e. The Labute approximate surface area is 113 Å². The van der Waals surface area contributed by atoms with Gasteiger partial charge in [-0.1, -0.05) is 40.0 Å². The van der Waals surface area contributed by atoms with E-state index in [4.69, 9.17) is 0 Å². The average Bonchev–Trinajstić information content (AvgIpc) is 2.32. The third kappa shape index (κ3) is 3.98. The number of nitrogens with zero attached hydrogens (tertiary/aromatic N) is 1. The number of H-pyrrole nitrogens is 1. The van der Waals surface area contributed by atoms with Crippen molar-refractivity contribution in [1.82, 2.24) is 9.55 Å². The van der Waals surface area contributed by atoms with E-state index in [2.05, 4.69) is 25.8 Å². The molecule has 0 amide bonds. The van der Waals surface area contributed by atoms with Gasteiger partial charge in [0.1, 0.15) is 0 Å². The van der Waals surface area contributed by atoms with Crippen LogP contribution in [-0.4, -0.2) is 14.7 Å². The number of rotatable bonds is 6. The Bertz CT molecular complexity index is 541. The fourth-order valence-electron chi connectivity index (χ4n) is 2.17. The third-order valence-electron chi connectivity index (χ3n) is 3.44. The molecule has 0 saturated carbocycles. The molecule has 0 aliphatic carbocycles. The zero-order chi connectivity index (χ0) is 14.6. The van der Waals surface area contributed by atoms with Crippen molar-refractivity contribution in [2.45, 2.75) is 59.9 Å². The van der Waals surface area contributed by atoms with Crippen LogP contribution in [0.15, 0.2) is 9.59 Å². The normalized spacial score (nSPS) is 11.8. The molecular weight excluding hydrogens is 244 g/mol. The first-order valence-corrected chi connectivity index (χ1v) is 6.81. The highest BCUT2D eigenvalue weighted by Crippen LogP contribution is 2.27. The lowest BCUT2D eigenvalue weighted by Crippen LogP contribution is -2.35. The van der Waals surface area contributed by atoms with Crippen LogP contribution in [0.25, 0.3) is 0 Å². The summed E-state index contributed by atoms with van der Waals surface area (Å²) in [6, 6.07) is 0. The first-order valence-electron chi connectivity index (χ1n) is 6.81. The summed E-state index contributed by atoms with van der Waals surface area (Å²) in [5.41, 5.74) is -0.982. The molecule has 0 unspecified atom stereocenters. The van der Waals surface area contributed by atoms with E-state index in [0.717, 1.165) is 25.7 Å². The minimum absolute atomic E-state index is 0.0961. The topological polar surface area (TPSA) is 75.1 Å². The van der Waals surface area contributed by atoms with Crippen LogP contribution in [0.5, 0.6) is 5.88 Å². The maximum atomic E-state index is 11.8. The molecule has 19 heavy (non-hydrogen) atoms. The molecule has 0 spiro atoms. The van der Waals surface area contributed by atoms with Crippen molar-refractivity contribution in [3.63, 3.8) is 0 Å². The maximum Gasteiger partial charge on any atom is 0.331 e. The molecule has 2 N–H and O–H groups in total. The van der Waals surface area contributed by atoms with E-state index in [0.29, 0.717) is 6.54 Å². The fraction of sp³-hybridized carbons (Fsp3) is 0.714. The zero-order valence-electron chi connectivity index (χ0n) is 12.2. The van der Waals surface area contributed by atoms with Gasteiger partial charge < -0.3 is 5.11 Å². The van der Waals surface area contributed by atoms with Crippen LogP contribution in [0.1, 0.15) is 52.0 Å². The van der Waals surface area contributed by atoms with Crippen molar-refractivity contribution in [2.24, 2.45) is 5.41 Å². The van der Waals surface area contributed by atoms with Gasteiger partial charge in [-0.15, -0.1) is 0 Å². The van der Waals surface area contributed by atoms with Crippen LogP contribution < -0.4 is 11.2 Å². The molecular formula is C14H24N2O3. The lowest BCUT2D eigenvalue weighted by Gasteiger charge is -2.26. The molecule has 1 rings (SSSR count). The molecule has 5 nitrogen and oxygen atoms in total. The second kappa shape index (κ2) is 6.08. The standard InChI is InChI=1S/C14H24N2O3/c1-5-6-7-8-14(3,4)9-16-12(18)10(2)11(17)15-13(16)19/h18H,5-9H2,1-4H3,(H,15,17,19). The van der Waals surface area contributed by atoms with Crippen LogP contribution in [0.3, 0.4) is 0 Å². The Hall–Kier alpha value is -1.52. The van der Waals surface area contributed by atoms with Crippen molar-refractivity contribution in [3.05, 3.63) is 26.4 Å². The van der Waals surface area contributed by atoms with Gasteiger partial charge in [0.2, 0.25) is 5.88 Å². The Balaban J connectivity index is 2.96. The van der Waals surface area contributed by atoms with E-state index in [1.165, 1.54) is 11.5 Å². The van der Waals surface area contributed by atoms with E-state index >= 15 is 0 Å². The van der Waals surface area contributed by atoms with E-state index in [-0.39, 0.29) is 16.9 Å². The highest BCUT2D eigenvalue weighted by atomic mass is 16.3. The van der Waals surface area contributed by atoms with Crippen molar-refractivity contribution in [1.29, 1.82) is 0 Å². The minimum Gasteiger partial charge on any atom is -0.494 e. The largest absolute Gasteiger partial charge is 0.494 e. The van der Waals surface area contributed by atoms with Crippen molar-refractivity contribution >= 4 is 0 Å². The summed E-state index contributed by atoms with van der Waals surface area (Å²) in [6.07, 6.45) is 4.39. The third-order valence-corrected chi connectivity index (χ3v) is 3.44. The summed E-state index contributed by atoms with van der Waals surface area (Å²) in [7, 11) is 0. The lowest BCUT2D eigenvalue weighted by molar-refractivity contribution is 0.248. The summed E-state index contributed by atoms with van der Waals surface area (Å²) in [4.78, 5) is 25.4. The molecule has 1 aromatic heterocycles. The number of unbranched alkanes of at least 4 members (excludes halogenated alkanes) is 2. The number of nitrogens with one attached hydrogen (secondary N) is 1. The second-order valence-corrected chi connectivity index (χ2v) is 5.92. The second-order valence-electron chi connectivity index (χ2n) is 5.92. The maximum absolute atomic E-state index is 11.8. The Morgan fingerprint density at radius 2 is 1.89 bits per heavy atom. The van der Waals surface area contributed by atoms with Gasteiger partial charge >= 0.3 is 5.69 Å². The van der Waals surface area contributed by atoms with Gasteiger partial charge in [0.05, 0.1) is 5.56 Å². The highest BCUT2D eigenvalue weighted by Gasteiger charge is 2.21. The predicted molar refractivity (Wildman–Crippen MR) is 75.6 cm³/mol. The summed E-state index contributed by atoms with van der Waals surface area (Å²) in [5, 5.41) is 9.94. The van der Waals surface area contributed by atoms with E-state index in [1.807, 2.05) is 0 Å². The average molecular weight is 268 g/mol. The summed E-state index contributed by atoms with van der Waals surface area (Å²) in [6.45, 7) is 8.19. The predicted octanol–water partition coefficient (Wildman–Crippen LogP) is 2.16. The summed E-state index contributed by atoms with van der Waals surface area (Å²) >= 11 is 0. The first-order chi connectivity index (χ1) is 8.78. The number of aromatic amines is 1. The van der Waals surface area contributed by atoms with Crippen molar-refractivity contribution in [2.75, 3.05) is 0 Å². The number of hydrogen-bond donors (Lipinski definition) is 2. The molecule has 1 heterocycles. The van der Waals surface area contributed by atoms with Crippen LogP contribution in [-0.2, 0) is 6.54 Å². The molecule has 0 atom stereocenters. The monoisotopic (exact) mass is 268 g/mol. The van der Waals surface area contributed by atoms with E-state index in [1.54, 1.807) is 0 Å². The molecule has 0 bridgehead atoms. The fourth-order valence-corrected chi connectivity index (χ4v) is 2.17. The Morgan fingerprint density at radius 1 is 1.26 bits per heavy atom. The molecule has 0 fully saturated rings. The van der Waals surface area contributed by atoms with Crippen LogP contribution in [0.4, 0.5) is 0 Å². The van der Waals surface area contributed by atoms with Crippen LogP contribution >= 0.6 is 0 Å². The lowest BCUT2D eigenvalue weighted by atomic mass is 9.86. The van der Waals surface area contributed by atoms with E-state index in [9.17, 15) is 14.7 Å². The molecule has 1 aromatic rings. The Morgan fingerprint density at radius 3 is 2.47 bits per heavy atom.